The second kappa shape index (κ2) is 7.11. The summed E-state index contributed by atoms with van der Waals surface area (Å²) in [6.45, 7) is 1.48. The van der Waals surface area contributed by atoms with Crippen molar-refractivity contribution in [1.82, 2.24) is 14.8 Å². The molecule has 7 nitrogen and oxygen atoms in total. The molecule has 3 rings (SSSR count). The van der Waals surface area contributed by atoms with Gasteiger partial charge in [-0.2, -0.15) is 0 Å². The lowest BCUT2D eigenvalue weighted by Crippen LogP contribution is -2.38. The van der Waals surface area contributed by atoms with E-state index in [0.717, 1.165) is 32.4 Å². The Morgan fingerprint density at radius 3 is 2.60 bits per heavy atom. The Balaban J connectivity index is 1.74. The van der Waals surface area contributed by atoms with Crippen molar-refractivity contribution < 1.29 is 18.0 Å². The summed E-state index contributed by atoms with van der Waals surface area (Å²) in [5.41, 5.74) is 0.627. The maximum Gasteiger partial charge on any atom is 0.272 e. The Labute approximate surface area is 147 Å². The lowest BCUT2D eigenvalue weighted by Gasteiger charge is -2.27. The van der Waals surface area contributed by atoms with Gasteiger partial charge in [-0.15, -0.1) is 0 Å². The summed E-state index contributed by atoms with van der Waals surface area (Å²) in [5.74, 6) is -0.338. The van der Waals surface area contributed by atoms with Crippen LogP contribution in [0.4, 0.5) is 0 Å². The Bertz CT molecular complexity index is 772. The van der Waals surface area contributed by atoms with Crippen LogP contribution in [0.1, 0.15) is 46.5 Å². The van der Waals surface area contributed by atoms with E-state index in [-0.39, 0.29) is 35.1 Å². The minimum absolute atomic E-state index is 0.0123. The maximum atomic E-state index is 12.6. The van der Waals surface area contributed by atoms with Crippen LogP contribution in [-0.4, -0.2) is 72.7 Å². The van der Waals surface area contributed by atoms with Gasteiger partial charge < -0.3 is 9.80 Å². The van der Waals surface area contributed by atoms with E-state index in [2.05, 4.69) is 4.98 Å². The van der Waals surface area contributed by atoms with Crippen LogP contribution in [0.25, 0.3) is 0 Å². The van der Waals surface area contributed by atoms with Crippen LogP contribution in [0, 0.1) is 0 Å². The predicted molar refractivity (Wildman–Crippen MR) is 93.1 cm³/mol. The molecule has 2 aliphatic heterocycles. The largest absolute Gasteiger partial charge is 0.339 e. The highest BCUT2D eigenvalue weighted by Gasteiger charge is 2.33. The third-order valence-electron chi connectivity index (χ3n) is 4.95. The van der Waals surface area contributed by atoms with Gasteiger partial charge in [-0.25, -0.2) is 8.42 Å². The Morgan fingerprint density at radius 2 is 1.96 bits per heavy atom. The molecular formula is C17H23N3O4S. The van der Waals surface area contributed by atoms with Gasteiger partial charge in [-0.05, 0) is 37.8 Å². The molecule has 1 aromatic rings. The molecule has 0 spiro atoms. The van der Waals surface area contributed by atoms with Crippen LogP contribution in [0.15, 0.2) is 18.3 Å². The normalized spacial score (nSPS) is 22.6. The van der Waals surface area contributed by atoms with Crippen LogP contribution in [-0.2, 0) is 9.84 Å². The maximum absolute atomic E-state index is 12.6. The molecule has 0 N–H and O–H groups in total. The van der Waals surface area contributed by atoms with Gasteiger partial charge in [0, 0.05) is 37.9 Å². The Kier molecular flexibility index (Phi) is 5.08. The fourth-order valence-corrected chi connectivity index (χ4v) is 5.16. The summed E-state index contributed by atoms with van der Waals surface area (Å²) in [4.78, 5) is 32.5. The van der Waals surface area contributed by atoms with Crippen molar-refractivity contribution in [3.63, 3.8) is 0 Å². The van der Waals surface area contributed by atoms with E-state index >= 15 is 0 Å². The molecule has 1 unspecified atom stereocenters. The SMILES string of the molecule is CN(C(=O)c1cc(C(=O)N2CCCCC2)ccn1)C1CCS(=O)(=O)C1. The number of carbonyl (C=O) groups is 2. The van der Waals surface area contributed by atoms with Gasteiger partial charge in [0.05, 0.1) is 11.5 Å². The van der Waals surface area contributed by atoms with Gasteiger partial charge >= 0.3 is 0 Å². The first-order chi connectivity index (χ1) is 11.9. The summed E-state index contributed by atoms with van der Waals surface area (Å²) in [5, 5.41) is 0. The summed E-state index contributed by atoms with van der Waals surface area (Å²) >= 11 is 0. The molecule has 2 aliphatic rings. The van der Waals surface area contributed by atoms with Gasteiger partial charge in [-0.3, -0.25) is 14.6 Å². The van der Waals surface area contributed by atoms with Crippen molar-refractivity contribution in [2.45, 2.75) is 31.7 Å². The molecule has 3 heterocycles. The third kappa shape index (κ3) is 4.00. The number of sulfone groups is 1. The Hall–Kier alpha value is -1.96. The van der Waals surface area contributed by atoms with Crippen molar-refractivity contribution in [2.75, 3.05) is 31.6 Å². The molecule has 8 heteroatoms. The fourth-order valence-electron chi connectivity index (χ4n) is 3.39. The molecule has 0 saturated carbocycles. The van der Waals surface area contributed by atoms with E-state index in [1.807, 2.05) is 0 Å². The van der Waals surface area contributed by atoms with E-state index in [1.54, 1.807) is 18.0 Å². The molecule has 2 amide bonds. The Morgan fingerprint density at radius 1 is 1.24 bits per heavy atom. The van der Waals surface area contributed by atoms with E-state index in [4.69, 9.17) is 0 Å². The zero-order valence-corrected chi connectivity index (χ0v) is 15.2. The highest BCUT2D eigenvalue weighted by molar-refractivity contribution is 7.91. The number of carbonyl (C=O) groups excluding carboxylic acids is 2. The zero-order valence-electron chi connectivity index (χ0n) is 14.3. The fraction of sp³-hybridized carbons (Fsp3) is 0.588. The number of nitrogens with zero attached hydrogens (tertiary/aromatic N) is 3. The number of hydrogen-bond acceptors (Lipinski definition) is 5. The van der Waals surface area contributed by atoms with Crippen LogP contribution in [0.5, 0.6) is 0 Å². The highest BCUT2D eigenvalue weighted by Crippen LogP contribution is 2.19. The van der Waals surface area contributed by atoms with Gasteiger partial charge in [0.2, 0.25) is 0 Å². The second-order valence-electron chi connectivity index (χ2n) is 6.76. The molecule has 1 atom stereocenters. The van der Waals surface area contributed by atoms with E-state index in [1.165, 1.54) is 17.2 Å². The summed E-state index contributed by atoms with van der Waals surface area (Å²) < 4.78 is 23.2. The number of likely N-dealkylation sites (tertiary alicyclic amines) is 1. The lowest BCUT2D eigenvalue weighted by molar-refractivity contribution is 0.0724. The van der Waals surface area contributed by atoms with Crippen molar-refractivity contribution >= 4 is 21.7 Å². The van der Waals surface area contributed by atoms with Crippen LogP contribution >= 0.6 is 0 Å². The summed E-state index contributed by atoms with van der Waals surface area (Å²) in [6.07, 6.45) is 5.04. The minimum atomic E-state index is -3.07. The van der Waals surface area contributed by atoms with E-state index in [0.29, 0.717) is 12.0 Å². The first kappa shape index (κ1) is 17.8. The van der Waals surface area contributed by atoms with Crippen molar-refractivity contribution in [3.8, 4) is 0 Å². The quantitative estimate of drug-likeness (QED) is 0.796. The first-order valence-corrected chi connectivity index (χ1v) is 10.4. The molecule has 0 aliphatic carbocycles. The molecule has 25 heavy (non-hydrogen) atoms. The minimum Gasteiger partial charge on any atom is -0.339 e. The highest BCUT2D eigenvalue weighted by atomic mass is 32.2. The van der Waals surface area contributed by atoms with Crippen LogP contribution < -0.4 is 0 Å². The topological polar surface area (TPSA) is 87.7 Å². The number of amides is 2. The second-order valence-corrected chi connectivity index (χ2v) is 8.98. The van der Waals surface area contributed by atoms with Gasteiger partial charge in [0.15, 0.2) is 9.84 Å². The predicted octanol–water partition coefficient (Wildman–Crippen LogP) is 0.967. The number of aromatic nitrogens is 1. The molecule has 2 saturated heterocycles. The van der Waals surface area contributed by atoms with E-state index < -0.39 is 9.84 Å². The van der Waals surface area contributed by atoms with Gasteiger partial charge in [-0.1, -0.05) is 0 Å². The summed E-state index contributed by atoms with van der Waals surface area (Å²) in [6, 6.07) is 2.80. The number of piperidine rings is 1. The third-order valence-corrected chi connectivity index (χ3v) is 6.70. The number of hydrogen-bond donors (Lipinski definition) is 0. The molecule has 0 aromatic carbocycles. The van der Waals surface area contributed by atoms with E-state index in [9.17, 15) is 18.0 Å². The zero-order chi connectivity index (χ0) is 18.0. The molecule has 0 bridgehead atoms. The number of rotatable bonds is 3. The molecule has 2 fully saturated rings. The van der Waals surface area contributed by atoms with Gasteiger partial charge in [0.25, 0.3) is 11.8 Å². The number of pyridine rings is 1. The van der Waals surface area contributed by atoms with Crippen molar-refractivity contribution in [3.05, 3.63) is 29.6 Å². The molecule has 1 aromatic heterocycles. The molecule has 0 radical (unpaired) electrons. The monoisotopic (exact) mass is 365 g/mol. The van der Waals surface area contributed by atoms with Gasteiger partial charge in [0.1, 0.15) is 5.69 Å². The summed E-state index contributed by atoms with van der Waals surface area (Å²) in [7, 11) is -1.48. The lowest BCUT2D eigenvalue weighted by atomic mass is 10.1. The first-order valence-electron chi connectivity index (χ1n) is 8.60. The van der Waals surface area contributed by atoms with Crippen molar-refractivity contribution in [1.29, 1.82) is 0 Å². The standard InChI is InChI=1S/C17H23N3O4S/c1-19(14-6-10-25(23,24)12-14)17(22)15-11-13(5-7-18-15)16(21)20-8-3-2-4-9-20/h5,7,11,14H,2-4,6,8-10,12H2,1H3. The average Bonchev–Trinajstić information content (AvgIpc) is 3.00. The molecular weight excluding hydrogens is 342 g/mol. The molecule has 136 valence electrons. The smallest absolute Gasteiger partial charge is 0.272 e. The van der Waals surface area contributed by atoms with Crippen LogP contribution in [0.2, 0.25) is 0 Å². The van der Waals surface area contributed by atoms with Crippen molar-refractivity contribution in [2.24, 2.45) is 0 Å². The van der Waals surface area contributed by atoms with Crippen LogP contribution in [0.3, 0.4) is 0 Å². The average molecular weight is 365 g/mol.